The van der Waals surface area contributed by atoms with Crippen LogP contribution in [0.4, 0.5) is 33.7 Å². The van der Waals surface area contributed by atoms with Crippen LogP contribution in [0.25, 0.3) is 0 Å². The number of benzene rings is 3. The fourth-order valence-corrected chi connectivity index (χ4v) is 4.39. The molecule has 1 aromatic heterocycles. The number of urea groups is 1. The number of rotatable bonds is 10. The zero-order valence-corrected chi connectivity index (χ0v) is 22.8. The summed E-state index contributed by atoms with van der Waals surface area (Å²) in [5, 5.41) is 8.58. The summed E-state index contributed by atoms with van der Waals surface area (Å²) in [5.41, 5.74) is 0.622. The maximum atomic E-state index is 13.8. The first-order valence-corrected chi connectivity index (χ1v) is 12.9. The van der Waals surface area contributed by atoms with Crippen molar-refractivity contribution in [1.82, 2.24) is 10.3 Å². The Kier molecular flexibility index (Phi) is 9.31. The lowest BCUT2D eigenvalue weighted by atomic mass is 9.80. The second-order valence-corrected chi connectivity index (χ2v) is 9.70. The summed E-state index contributed by atoms with van der Waals surface area (Å²) in [6, 6.07) is 22.9. The highest BCUT2D eigenvalue weighted by Gasteiger charge is 2.44. The minimum atomic E-state index is -4.74. The van der Waals surface area contributed by atoms with Gasteiger partial charge in [-0.25, -0.2) is 4.79 Å². The molecule has 12 heteroatoms. The number of nitrogens with one attached hydrogen (secondary N) is 3. The molecule has 218 valence electrons. The zero-order valence-electron chi connectivity index (χ0n) is 22.1. The molecule has 4 rings (SSSR count). The van der Waals surface area contributed by atoms with Crippen LogP contribution in [0.5, 0.6) is 5.75 Å². The summed E-state index contributed by atoms with van der Waals surface area (Å²) in [7, 11) is 0. The molecule has 0 aliphatic carbocycles. The van der Waals surface area contributed by atoms with Gasteiger partial charge in [0.2, 0.25) is 5.91 Å². The number of alkyl halides is 4. The highest BCUT2D eigenvalue weighted by Crippen LogP contribution is 2.36. The van der Waals surface area contributed by atoms with Gasteiger partial charge >= 0.3 is 18.6 Å². The summed E-state index contributed by atoms with van der Waals surface area (Å²) < 4.78 is 57.8. The first-order chi connectivity index (χ1) is 20.0. The van der Waals surface area contributed by atoms with Crippen LogP contribution in [0.2, 0.25) is 5.02 Å². The van der Waals surface area contributed by atoms with Gasteiger partial charge in [-0.05, 0) is 59.7 Å². The maximum absolute atomic E-state index is 13.8. The molecule has 0 saturated heterocycles. The molecule has 3 N–H and O–H groups in total. The quantitative estimate of drug-likeness (QED) is 0.167. The number of hydrogen-bond donors (Lipinski definition) is 3. The van der Waals surface area contributed by atoms with Gasteiger partial charge in [-0.1, -0.05) is 54.1 Å². The fraction of sp³-hybridized carbons (Fsp3) is 0.167. The minimum Gasteiger partial charge on any atom is -0.428 e. The summed E-state index contributed by atoms with van der Waals surface area (Å²) >= 11 is 6.09. The molecular weight excluding hydrogens is 576 g/mol. The van der Waals surface area contributed by atoms with Gasteiger partial charge in [-0.15, -0.1) is 0 Å². The smallest absolute Gasteiger partial charge is 0.428 e. The molecule has 3 amide bonds. The Morgan fingerprint density at radius 3 is 2.17 bits per heavy atom. The SMILES string of the molecule is CC(=O)Nc1ccc(NC(=O)N[C@@](Cc2ccccc2)(c2cccc(OC(F)(F)C(F)F)c2)c2ccc(Cl)cn2)cc1. The van der Waals surface area contributed by atoms with E-state index in [4.69, 9.17) is 11.6 Å². The average molecular weight is 601 g/mol. The third-order valence-electron chi connectivity index (χ3n) is 6.10. The van der Waals surface area contributed by atoms with Gasteiger partial charge in [0.15, 0.2) is 0 Å². The Hall–Kier alpha value is -4.64. The Morgan fingerprint density at radius 2 is 1.57 bits per heavy atom. The number of anilines is 2. The van der Waals surface area contributed by atoms with Crippen LogP contribution in [-0.2, 0) is 16.8 Å². The third kappa shape index (κ3) is 7.55. The minimum absolute atomic E-state index is 0.0755. The van der Waals surface area contributed by atoms with Crippen molar-refractivity contribution in [2.24, 2.45) is 0 Å². The van der Waals surface area contributed by atoms with Crippen molar-refractivity contribution in [3.63, 3.8) is 0 Å². The molecule has 3 aromatic carbocycles. The molecule has 0 unspecified atom stereocenters. The summed E-state index contributed by atoms with van der Waals surface area (Å²) in [6.07, 6.45) is -7.36. The van der Waals surface area contributed by atoms with E-state index in [0.717, 1.165) is 17.7 Å². The average Bonchev–Trinajstić information content (AvgIpc) is 2.94. The molecule has 0 bridgehead atoms. The first-order valence-electron chi connectivity index (χ1n) is 12.6. The van der Waals surface area contributed by atoms with E-state index in [-0.39, 0.29) is 23.6 Å². The van der Waals surface area contributed by atoms with Crippen molar-refractivity contribution in [1.29, 1.82) is 0 Å². The normalized spacial score (nSPS) is 12.7. The molecule has 1 atom stereocenters. The molecule has 0 saturated carbocycles. The molecule has 0 aliphatic rings. The Labute approximate surface area is 243 Å². The van der Waals surface area contributed by atoms with Gasteiger partial charge in [0.05, 0.1) is 10.7 Å². The molecule has 7 nitrogen and oxygen atoms in total. The van der Waals surface area contributed by atoms with Crippen molar-refractivity contribution in [2.75, 3.05) is 10.6 Å². The number of aromatic nitrogens is 1. The number of ether oxygens (including phenoxy) is 1. The van der Waals surface area contributed by atoms with Gasteiger partial charge in [0.25, 0.3) is 0 Å². The Morgan fingerprint density at radius 1 is 0.905 bits per heavy atom. The first kappa shape index (κ1) is 30.3. The van der Waals surface area contributed by atoms with E-state index in [1.807, 2.05) is 0 Å². The van der Waals surface area contributed by atoms with Crippen LogP contribution in [0.15, 0.2) is 97.2 Å². The molecule has 0 spiro atoms. The molecule has 1 heterocycles. The van der Waals surface area contributed by atoms with Crippen LogP contribution >= 0.6 is 11.6 Å². The van der Waals surface area contributed by atoms with Gasteiger partial charge in [0.1, 0.15) is 11.3 Å². The fourth-order valence-electron chi connectivity index (χ4n) is 4.27. The largest absolute Gasteiger partial charge is 0.461 e. The van der Waals surface area contributed by atoms with Crippen molar-refractivity contribution in [2.45, 2.75) is 31.4 Å². The highest BCUT2D eigenvalue weighted by molar-refractivity contribution is 6.30. The van der Waals surface area contributed by atoms with Gasteiger partial charge in [-0.3, -0.25) is 9.78 Å². The van der Waals surface area contributed by atoms with Crippen LogP contribution in [0, 0.1) is 0 Å². The second-order valence-electron chi connectivity index (χ2n) is 9.26. The van der Waals surface area contributed by atoms with E-state index < -0.39 is 29.9 Å². The number of hydrogen-bond acceptors (Lipinski definition) is 4. The molecule has 0 radical (unpaired) electrons. The van der Waals surface area contributed by atoms with E-state index >= 15 is 0 Å². The number of pyridine rings is 1. The standard InChI is InChI=1S/C30H25ClF4N4O3/c1-19(40)37-23-11-13-24(14-12-23)38-28(41)39-29(17-20-6-3-2-4-7-20,26-15-10-22(31)18-36-26)21-8-5-9-25(16-21)42-30(34,35)27(32)33/h2-16,18,27H,17H2,1H3,(H,37,40)(H2,38,39,41)/t29-/m0/s1. The Balaban J connectivity index is 1.78. The third-order valence-corrected chi connectivity index (χ3v) is 6.33. The molecule has 4 aromatic rings. The van der Waals surface area contributed by atoms with Crippen molar-refractivity contribution >= 4 is 34.9 Å². The van der Waals surface area contributed by atoms with Crippen LogP contribution < -0.4 is 20.7 Å². The van der Waals surface area contributed by atoms with Crippen molar-refractivity contribution in [3.05, 3.63) is 119 Å². The number of carbonyl (C=O) groups is 2. The number of amides is 3. The summed E-state index contributed by atoms with van der Waals surface area (Å²) in [4.78, 5) is 29.2. The van der Waals surface area contributed by atoms with E-state index in [1.54, 1.807) is 66.7 Å². The molecule has 0 fully saturated rings. The molecule has 0 aliphatic heterocycles. The van der Waals surface area contributed by atoms with Gasteiger partial charge in [-0.2, -0.15) is 17.6 Å². The zero-order chi connectivity index (χ0) is 30.3. The van der Waals surface area contributed by atoms with Crippen molar-refractivity contribution < 1.29 is 31.9 Å². The topological polar surface area (TPSA) is 92.4 Å². The highest BCUT2D eigenvalue weighted by atomic mass is 35.5. The van der Waals surface area contributed by atoms with Crippen LogP contribution in [0.3, 0.4) is 0 Å². The predicted octanol–water partition coefficient (Wildman–Crippen LogP) is 7.24. The van der Waals surface area contributed by atoms with Crippen molar-refractivity contribution in [3.8, 4) is 5.75 Å². The lowest BCUT2D eigenvalue weighted by Gasteiger charge is -2.35. The van der Waals surface area contributed by atoms with Crippen LogP contribution in [0.1, 0.15) is 23.7 Å². The maximum Gasteiger partial charge on any atom is 0.461 e. The number of halogens is 5. The summed E-state index contributed by atoms with van der Waals surface area (Å²) in [5.74, 6) is -0.799. The Bertz CT molecular complexity index is 1520. The van der Waals surface area contributed by atoms with Crippen LogP contribution in [-0.4, -0.2) is 29.5 Å². The summed E-state index contributed by atoms with van der Waals surface area (Å²) in [6.45, 7) is 1.37. The van der Waals surface area contributed by atoms with E-state index in [0.29, 0.717) is 16.4 Å². The van der Waals surface area contributed by atoms with E-state index in [1.165, 1.54) is 25.3 Å². The molecular formula is C30H25ClF4N4O3. The molecule has 42 heavy (non-hydrogen) atoms. The lowest BCUT2D eigenvalue weighted by Crippen LogP contribution is -2.50. The van der Waals surface area contributed by atoms with Gasteiger partial charge < -0.3 is 20.7 Å². The second kappa shape index (κ2) is 12.9. The van der Waals surface area contributed by atoms with Gasteiger partial charge in [0, 0.05) is 30.9 Å². The number of nitrogens with zero attached hydrogens (tertiary/aromatic N) is 1. The van der Waals surface area contributed by atoms with E-state index in [2.05, 4.69) is 25.7 Å². The predicted molar refractivity (Wildman–Crippen MR) is 151 cm³/mol. The number of carbonyl (C=O) groups excluding carboxylic acids is 2. The lowest BCUT2D eigenvalue weighted by molar-refractivity contribution is -0.253. The monoisotopic (exact) mass is 600 g/mol. The van der Waals surface area contributed by atoms with E-state index in [9.17, 15) is 27.2 Å².